The Hall–Kier alpha value is -2.71. The molecule has 0 aliphatic carbocycles. The Labute approximate surface area is 190 Å². The minimum atomic E-state index is -3.72. The van der Waals surface area contributed by atoms with Crippen LogP contribution >= 0.6 is 0 Å². The van der Waals surface area contributed by atoms with Crippen molar-refractivity contribution in [2.75, 3.05) is 29.7 Å². The van der Waals surface area contributed by atoms with Gasteiger partial charge in [-0.05, 0) is 56.8 Å². The molecular weight excluding hydrogens is 426 g/mol. The summed E-state index contributed by atoms with van der Waals surface area (Å²) in [5.74, 6) is -0.937. The predicted octanol–water partition coefficient (Wildman–Crippen LogP) is 3.20. The molecule has 0 aromatic heterocycles. The standard InChI is InChI=1S/C24H31N3O4S/c1-5-26(6-2)21(18-10-8-7-9-11-18)16-25-22(28)19-12-14-20(15-13-19)27-23(29)24(3,4)17-32(27,30)31/h7-15,21H,5-6,16-17H2,1-4H3,(H,25,28). The Morgan fingerprint density at radius 2 is 1.66 bits per heavy atom. The van der Waals surface area contributed by atoms with Gasteiger partial charge in [0.15, 0.2) is 0 Å². The molecule has 8 heteroatoms. The van der Waals surface area contributed by atoms with Crippen LogP contribution in [-0.4, -0.2) is 50.5 Å². The van der Waals surface area contributed by atoms with Crippen LogP contribution in [-0.2, 0) is 14.8 Å². The van der Waals surface area contributed by atoms with E-state index in [0.29, 0.717) is 12.1 Å². The molecule has 0 saturated carbocycles. The van der Waals surface area contributed by atoms with Gasteiger partial charge in [0.25, 0.3) is 5.91 Å². The number of nitrogens with one attached hydrogen (secondary N) is 1. The Balaban J connectivity index is 1.74. The maximum absolute atomic E-state index is 12.8. The van der Waals surface area contributed by atoms with Crippen molar-refractivity contribution in [2.45, 2.75) is 33.7 Å². The lowest BCUT2D eigenvalue weighted by molar-refractivity contribution is -0.123. The van der Waals surface area contributed by atoms with Crippen LogP contribution < -0.4 is 9.62 Å². The predicted molar refractivity (Wildman–Crippen MR) is 126 cm³/mol. The molecule has 3 rings (SSSR count). The van der Waals surface area contributed by atoms with Crippen LogP contribution in [0.1, 0.15) is 49.7 Å². The summed E-state index contributed by atoms with van der Waals surface area (Å²) in [4.78, 5) is 27.6. The molecule has 0 radical (unpaired) electrons. The van der Waals surface area contributed by atoms with E-state index < -0.39 is 21.3 Å². The molecule has 1 fully saturated rings. The molecular formula is C24H31N3O4S. The number of anilines is 1. The molecule has 1 aliphatic heterocycles. The second-order valence-corrected chi connectivity index (χ2v) is 10.4. The van der Waals surface area contributed by atoms with Crippen LogP contribution in [0.25, 0.3) is 0 Å². The van der Waals surface area contributed by atoms with Gasteiger partial charge in [-0.25, -0.2) is 12.7 Å². The summed E-state index contributed by atoms with van der Waals surface area (Å²) >= 11 is 0. The van der Waals surface area contributed by atoms with Gasteiger partial charge in [0.1, 0.15) is 0 Å². The summed E-state index contributed by atoms with van der Waals surface area (Å²) in [6, 6.07) is 16.2. The van der Waals surface area contributed by atoms with Crippen molar-refractivity contribution in [1.82, 2.24) is 10.2 Å². The highest BCUT2D eigenvalue weighted by Gasteiger charge is 2.49. The third-order valence-corrected chi connectivity index (χ3v) is 7.86. The van der Waals surface area contributed by atoms with Gasteiger partial charge in [0.2, 0.25) is 15.9 Å². The van der Waals surface area contributed by atoms with Gasteiger partial charge in [-0.15, -0.1) is 0 Å². The quantitative estimate of drug-likeness (QED) is 0.658. The number of sulfonamides is 1. The number of nitrogens with zero attached hydrogens (tertiary/aromatic N) is 2. The zero-order valence-electron chi connectivity index (χ0n) is 19.0. The van der Waals surface area contributed by atoms with Crippen molar-refractivity contribution in [2.24, 2.45) is 5.41 Å². The zero-order chi connectivity index (χ0) is 23.5. The fraction of sp³-hybridized carbons (Fsp3) is 0.417. The Morgan fingerprint density at radius 1 is 1.06 bits per heavy atom. The van der Waals surface area contributed by atoms with Crippen LogP contribution in [0, 0.1) is 5.41 Å². The number of hydrogen-bond acceptors (Lipinski definition) is 5. The smallest absolute Gasteiger partial charge is 0.251 e. The van der Waals surface area contributed by atoms with Crippen molar-refractivity contribution in [1.29, 1.82) is 0 Å². The Morgan fingerprint density at radius 3 is 2.16 bits per heavy atom. The summed E-state index contributed by atoms with van der Waals surface area (Å²) in [7, 11) is -3.72. The van der Waals surface area contributed by atoms with Crippen LogP contribution in [0.15, 0.2) is 54.6 Å². The number of carbonyl (C=O) groups excluding carboxylic acids is 2. The second kappa shape index (κ2) is 9.42. The van der Waals surface area contributed by atoms with Crippen molar-refractivity contribution in [3.8, 4) is 0 Å². The molecule has 1 heterocycles. The van der Waals surface area contributed by atoms with Crippen molar-refractivity contribution >= 4 is 27.5 Å². The molecule has 1 unspecified atom stereocenters. The van der Waals surface area contributed by atoms with Gasteiger partial charge in [0, 0.05) is 12.1 Å². The third-order valence-electron chi connectivity index (χ3n) is 5.84. The van der Waals surface area contributed by atoms with Crippen LogP contribution in [0.4, 0.5) is 5.69 Å². The highest BCUT2D eigenvalue weighted by molar-refractivity contribution is 7.94. The highest BCUT2D eigenvalue weighted by atomic mass is 32.2. The normalized spacial score (nSPS) is 18.0. The number of benzene rings is 2. The molecule has 1 atom stereocenters. The van der Waals surface area contributed by atoms with Gasteiger partial charge in [-0.3, -0.25) is 14.5 Å². The summed E-state index contributed by atoms with van der Waals surface area (Å²) in [6.45, 7) is 9.58. The Kier molecular flexibility index (Phi) is 7.05. The lowest BCUT2D eigenvalue weighted by Crippen LogP contribution is -2.38. The number of hydrogen-bond donors (Lipinski definition) is 1. The van der Waals surface area contributed by atoms with Gasteiger partial charge >= 0.3 is 0 Å². The van der Waals surface area contributed by atoms with Crippen molar-refractivity contribution in [3.63, 3.8) is 0 Å². The van der Waals surface area contributed by atoms with Crippen LogP contribution in [0.2, 0.25) is 0 Å². The van der Waals surface area contributed by atoms with E-state index in [-0.39, 0.29) is 23.4 Å². The minimum absolute atomic E-state index is 0.0454. The summed E-state index contributed by atoms with van der Waals surface area (Å²) < 4.78 is 25.8. The monoisotopic (exact) mass is 457 g/mol. The summed E-state index contributed by atoms with van der Waals surface area (Å²) in [5, 5.41) is 2.99. The first-order valence-corrected chi connectivity index (χ1v) is 12.5. The average molecular weight is 458 g/mol. The number of amides is 2. The van der Waals surface area contributed by atoms with Crippen LogP contribution in [0.5, 0.6) is 0 Å². The van der Waals surface area contributed by atoms with E-state index >= 15 is 0 Å². The molecule has 2 aromatic rings. The lowest BCUT2D eigenvalue weighted by atomic mass is 9.95. The zero-order valence-corrected chi connectivity index (χ0v) is 19.9. The van der Waals surface area contributed by atoms with Crippen molar-refractivity contribution in [3.05, 3.63) is 65.7 Å². The molecule has 0 bridgehead atoms. The molecule has 2 amide bonds. The lowest BCUT2D eigenvalue weighted by Gasteiger charge is -2.30. The first-order valence-electron chi connectivity index (χ1n) is 10.9. The van der Waals surface area contributed by atoms with Gasteiger partial charge in [-0.2, -0.15) is 0 Å². The number of likely N-dealkylation sites (N-methyl/N-ethyl adjacent to an activating group) is 1. The number of carbonyl (C=O) groups is 2. The fourth-order valence-corrected chi connectivity index (χ4v) is 6.21. The van der Waals surface area contributed by atoms with Crippen molar-refractivity contribution < 1.29 is 18.0 Å². The highest BCUT2D eigenvalue weighted by Crippen LogP contribution is 2.35. The van der Waals surface area contributed by atoms with E-state index in [2.05, 4.69) is 36.2 Å². The summed E-state index contributed by atoms with van der Waals surface area (Å²) in [6.07, 6.45) is 0. The maximum atomic E-state index is 12.8. The average Bonchev–Trinajstić information content (AvgIpc) is 2.93. The maximum Gasteiger partial charge on any atom is 0.251 e. The molecule has 7 nitrogen and oxygen atoms in total. The molecule has 2 aromatic carbocycles. The minimum Gasteiger partial charge on any atom is -0.350 e. The molecule has 1 N–H and O–H groups in total. The first-order chi connectivity index (χ1) is 15.1. The van der Waals surface area contributed by atoms with E-state index in [1.54, 1.807) is 26.0 Å². The van der Waals surface area contributed by atoms with E-state index in [4.69, 9.17) is 0 Å². The first kappa shape index (κ1) is 23.9. The molecule has 1 saturated heterocycles. The third kappa shape index (κ3) is 4.86. The Bertz CT molecular complexity index is 1060. The van der Waals surface area contributed by atoms with E-state index in [9.17, 15) is 18.0 Å². The number of rotatable bonds is 8. The van der Waals surface area contributed by atoms with Gasteiger partial charge in [0.05, 0.1) is 22.9 Å². The van der Waals surface area contributed by atoms with Gasteiger partial charge < -0.3 is 5.32 Å². The molecule has 32 heavy (non-hydrogen) atoms. The SMILES string of the molecule is CCN(CC)C(CNC(=O)c1ccc(N2C(=O)C(C)(C)CS2(=O)=O)cc1)c1ccccc1. The summed E-state index contributed by atoms with van der Waals surface area (Å²) in [5.41, 5.74) is 0.823. The largest absolute Gasteiger partial charge is 0.350 e. The fourth-order valence-electron chi connectivity index (χ4n) is 4.10. The van der Waals surface area contributed by atoms with Crippen LogP contribution in [0.3, 0.4) is 0 Å². The second-order valence-electron chi connectivity index (χ2n) is 8.61. The molecule has 0 spiro atoms. The topological polar surface area (TPSA) is 86.8 Å². The van der Waals surface area contributed by atoms with E-state index in [0.717, 1.165) is 23.0 Å². The molecule has 1 aliphatic rings. The van der Waals surface area contributed by atoms with Gasteiger partial charge in [-0.1, -0.05) is 44.2 Å². The van der Waals surface area contributed by atoms with E-state index in [1.165, 1.54) is 12.1 Å². The van der Waals surface area contributed by atoms with E-state index in [1.807, 2.05) is 18.2 Å². The molecule has 172 valence electrons.